The molecule has 1 N–H and O–H groups in total. The third-order valence-electron chi connectivity index (χ3n) is 6.33. The number of rotatable bonds is 7. The van der Waals surface area contributed by atoms with Crippen LogP contribution in [0.1, 0.15) is 45.1 Å². The number of carbonyl (C=O) groups excluding carboxylic acids is 1. The molecule has 0 unspecified atom stereocenters. The zero-order chi connectivity index (χ0) is 19.3. The van der Waals surface area contributed by atoms with Gasteiger partial charge in [0.05, 0.1) is 18.1 Å². The first-order chi connectivity index (χ1) is 13.0. The van der Waals surface area contributed by atoms with Crippen LogP contribution in [0.5, 0.6) is 0 Å². The normalized spacial score (nSPS) is 31.2. The molecule has 150 valence electrons. The van der Waals surface area contributed by atoms with Crippen molar-refractivity contribution in [1.29, 1.82) is 0 Å². The molecule has 5 nitrogen and oxygen atoms in total. The number of carbonyl (C=O) groups is 1. The third kappa shape index (κ3) is 4.71. The standard InChI is InChI=1S/C22H33NO4/c1-16(2)22(21(24)27-14-17-7-5-4-6-8-17)11-9-18(13-22)23-19-10-12-26-15-20(19)25-3/h4-8,16,18-20,23H,9-15H2,1-3H3/t18-,19-,20+,22+/m1/s1. The van der Waals surface area contributed by atoms with Gasteiger partial charge in [-0.05, 0) is 37.2 Å². The highest BCUT2D eigenvalue weighted by molar-refractivity contribution is 5.77. The van der Waals surface area contributed by atoms with Crippen molar-refractivity contribution >= 4 is 5.97 Å². The van der Waals surface area contributed by atoms with Gasteiger partial charge in [-0.1, -0.05) is 44.2 Å². The maximum atomic E-state index is 13.0. The Hall–Kier alpha value is -1.43. The van der Waals surface area contributed by atoms with Crippen molar-refractivity contribution in [3.63, 3.8) is 0 Å². The number of esters is 1. The molecule has 1 aliphatic heterocycles. The van der Waals surface area contributed by atoms with Crippen LogP contribution in [-0.4, -0.2) is 44.5 Å². The van der Waals surface area contributed by atoms with E-state index in [1.54, 1.807) is 7.11 Å². The predicted octanol–water partition coefficient (Wildman–Crippen LogP) is 3.32. The Kier molecular flexibility index (Phi) is 6.90. The minimum absolute atomic E-state index is 0.0547. The highest BCUT2D eigenvalue weighted by atomic mass is 16.5. The number of benzene rings is 1. The van der Waals surface area contributed by atoms with E-state index in [2.05, 4.69) is 19.2 Å². The van der Waals surface area contributed by atoms with Crippen molar-refractivity contribution in [3.05, 3.63) is 35.9 Å². The highest BCUT2D eigenvalue weighted by Crippen LogP contribution is 2.46. The molecule has 1 saturated carbocycles. The summed E-state index contributed by atoms with van der Waals surface area (Å²) in [4.78, 5) is 13.0. The van der Waals surface area contributed by atoms with Gasteiger partial charge in [0, 0.05) is 25.8 Å². The van der Waals surface area contributed by atoms with Gasteiger partial charge in [0.25, 0.3) is 0 Å². The maximum absolute atomic E-state index is 13.0. The SMILES string of the molecule is CO[C@H]1COCC[C@H]1N[C@@H]1CC[C@@](C(=O)OCc2ccccc2)(C(C)C)C1. The molecule has 1 aliphatic carbocycles. The summed E-state index contributed by atoms with van der Waals surface area (Å²) in [6.45, 7) is 6.02. The number of ether oxygens (including phenoxy) is 3. The fourth-order valence-electron chi connectivity index (χ4n) is 4.47. The lowest BCUT2D eigenvalue weighted by molar-refractivity contribution is -0.160. The van der Waals surface area contributed by atoms with Crippen LogP contribution in [0.3, 0.4) is 0 Å². The summed E-state index contributed by atoms with van der Waals surface area (Å²) in [6, 6.07) is 10.5. The third-order valence-corrected chi connectivity index (χ3v) is 6.33. The van der Waals surface area contributed by atoms with Crippen molar-refractivity contribution in [2.24, 2.45) is 11.3 Å². The molecule has 0 bridgehead atoms. The van der Waals surface area contributed by atoms with E-state index in [9.17, 15) is 4.79 Å². The molecule has 1 aromatic carbocycles. The van der Waals surface area contributed by atoms with E-state index in [1.165, 1.54) is 0 Å². The quantitative estimate of drug-likeness (QED) is 0.741. The minimum Gasteiger partial charge on any atom is -0.460 e. The summed E-state index contributed by atoms with van der Waals surface area (Å²) in [5, 5.41) is 3.74. The summed E-state index contributed by atoms with van der Waals surface area (Å²) < 4.78 is 16.8. The smallest absolute Gasteiger partial charge is 0.312 e. The van der Waals surface area contributed by atoms with Gasteiger partial charge < -0.3 is 19.5 Å². The second-order valence-electron chi connectivity index (χ2n) is 8.22. The van der Waals surface area contributed by atoms with Crippen LogP contribution in [0, 0.1) is 11.3 Å². The molecule has 4 atom stereocenters. The number of nitrogens with one attached hydrogen (secondary N) is 1. The molecule has 1 aromatic rings. The first-order valence-electron chi connectivity index (χ1n) is 10.1. The average molecular weight is 376 g/mol. The molecule has 2 fully saturated rings. The Bertz CT molecular complexity index is 606. The van der Waals surface area contributed by atoms with Gasteiger partial charge >= 0.3 is 5.97 Å². The van der Waals surface area contributed by atoms with E-state index in [-0.39, 0.29) is 24.0 Å². The van der Waals surface area contributed by atoms with E-state index in [1.807, 2.05) is 30.3 Å². The summed E-state index contributed by atoms with van der Waals surface area (Å²) in [6.07, 6.45) is 3.72. The van der Waals surface area contributed by atoms with Crippen LogP contribution in [0.15, 0.2) is 30.3 Å². The van der Waals surface area contributed by atoms with Crippen molar-refractivity contribution in [2.75, 3.05) is 20.3 Å². The molecular weight excluding hydrogens is 342 g/mol. The lowest BCUT2D eigenvalue weighted by atomic mass is 9.75. The van der Waals surface area contributed by atoms with Crippen LogP contribution in [0.2, 0.25) is 0 Å². The molecule has 3 rings (SSSR count). The fraction of sp³-hybridized carbons (Fsp3) is 0.682. The first kappa shape index (κ1) is 20.3. The van der Waals surface area contributed by atoms with Gasteiger partial charge in [0.1, 0.15) is 6.61 Å². The van der Waals surface area contributed by atoms with Crippen molar-refractivity contribution in [1.82, 2.24) is 5.32 Å². The highest BCUT2D eigenvalue weighted by Gasteiger charge is 2.49. The maximum Gasteiger partial charge on any atom is 0.312 e. The van der Waals surface area contributed by atoms with Crippen molar-refractivity contribution < 1.29 is 19.0 Å². The monoisotopic (exact) mass is 375 g/mol. The molecule has 0 aromatic heterocycles. The average Bonchev–Trinajstić information content (AvgIpc) is 3.13. The van der Waals surface area contributed by atoms with E-state index < -0.39 is 5.41 Å². The van der Waals surface area contributed by atoms with Crippen LogP contribution in [-0.2, 0) is 25.6 Å². The zero-order valence-electron chi connectivity index (χ0n) is 16.8. The van der Waals surface area contributed by atoms with Gasteiger partial charge in [-0.2, -0.15) is 0 Å². The largest absolute Gasteiger partial charge is 0.460 e. The van der Waals surface area contributed by atoms with E-state index >= 15 is 0 Å². The first-order valence-corrected chi connectivity index (χ1v) is 10.1. The minimum atomic E-state index is -0.403. The summed E-state index contributed by atoms with van der Waals surface area (Å²) in [5.74, 6) is 0.196. The van der Waals surface area contributed by atoms with Gasteiger partial charge in [-0.15, -0.1) is 0 Å². The van der Waals surface area contributed by atoms with Crippen LogP contribution in [0.4, 0.5) is 0 Å². The lowest BCUT2D eigenvalue weighted by Crippen LogP contribution is -2.51. The number of hydrogen-bond donors (Lipinski definition) is 1. The van der Waals surface area contributed by atoms with Gasteiger partial charge in [-0.3, -0.25) is 4.79 Å². The molecule has 27 heavy (non-hydrogen) atoms. The molecular formula is C22H33NO4. The molecule has 1 saturated heterocycles. The topological polar surface area (TPSA) is 56.8 Å². The summed E-state index contributed by atoms with van der Waals surface area (Å²) in [7, 11) is 1.74. The Labute approximate surface area is 162 Å². The van der Waals surface area contributed by atoms with Gasteiger partial charge in [-0.25, -0.2) is 0 Å². The molecule has 5 heteroatoms. The van der Waals surface area contributed by atoms with Gasteiger partial charge in [0.2, 0.25) is 0 Å². The summed E-state index contributed by atoms with van der Waals surface area (Å²) in [5.41, 5.74) is 0.628. The van der Waals surface area contributed by atoms with Crippen LogP contribution in [0.25, 0.3) is 0 Å². The van der Waals surface area contributed by atoms with E-state index in [0.29, 0.717) is 19.3 Å². The zero-order valence-corrected chi connectivity index (χ0v) is 16.8. The van der Waals surface area contributed by atoms with E-state index in [4.69, 9.17) is 14.2 Å². The second kappa shape index (κ2) is 9.18. The predicted molar refractivity (Wildman–Crippen MR) is 104 cm³/mol. The fourth-order valence-corrected chi connectivity index (χ4v) is 4.47. The molecule has 0 amide bonds. The van der Waals surface area contributed by atoms with Gasteiger partial charge in [0.15, 0.2) is 0 Å². The molecule has 0 spiro atoms. The number of hydrogen-bond acceptors (Lipinski definition) is 5. The molecule has 2 aliphatic rings. The number of methoxy groups -OCH3 is 1. The Morgan fingerprint density at radius 3 is 2.78 bits per heavy atom. The Morgan fingerprint density at radius 1 is 1.30 bits per heavy atom. The lowest BCUT2D eigenvalue weighted by Gasteiger charge is -2.35. The van der Waals surface area contributed by atoms with E-state index in [0.717, 1.165) is 37.9 Å². The Morgan fingerprint density at radius 2 is 2.07 bits per heavy atom. The molecule has 0 radical (unpaired) electrons. The van der Waals surface area contributed by atoms with Crippen molar-refractivity contribution in [3.8, 4) is 0 Å². The van der Waals surface area contributed by atoms with Crippen molar-refractivity contribution in [2.45, 2.75) is 64.3 Å². The Balaban J connectivity index is 1.60. The second-order valence-corrected chi connectivity index (χ2v) is 8.22. The van der Waals surface area contributed by atoms with Crippen LogP contribution >= 0.6 is 0 Å². The summed E-state index contributed by atoms with van der Waals surface area (Å²) >= 11 is 0. The molecule has 1 heterocycles. The van der Waals surface area contributed by atoms with Crippen LogP contribution < -0.4 is 5.32 Å².